The second-order valence-corrected chi connectivity index (χ2v) is 6.42. The third-order valence-corrected chi connectivity index (χ3v) is 5.13. The van der Waals surface area contributed by atoms with Crippen LogP contribution < -0.4 is 0 Å². The zero-order valence-electron chi connectivity index (χ0n) is 13.4. The van der Waals surface area contributed by atoms with E-state index in [-0.39, 0.29) is 11.5 Å². The Morgan fingerprint density at radius 1 is 1.08 bits per heavy atom. The summed E-state index contributed by atoms with van der Waals surface area (Å²) in [4.78, 5) is 14.5. The second kappa shape index (κ2) is 5.77. The summed E-state index contributed by atoms with van der Waals surface area (Å²) in [6.07, 6.45) is 1.65. The summed E-state index contributed by atoms with van der Waals surface area (Å²) in [5.41, 5.74) is 3.54. The van der Waals surface area contributed by atoms with Gasteiger partial charge in [-0.25, -0.2) is 0 Å². The third kappa shape index (κ3) is 2.38. The van der Waals surface area contributed by atoms with E-state index in [9.17, 15) is 4.79 Å². The van der Waals surface area contributed by atoms with Crippen molar-refractivity contribution in [1.29, 1.82) is 5.26 Å². The number of hydrogen-bond donors (Lipinski definition) is 0. The molecule has 0 radical (unpaired) electrons. The van der Waals surface area contributed by atoms with E-state index in [2.05, 4.69) is 24.3 Å². The van der Waals surface area contributed by atoms with Crippen molar-refractivity contribution in [3.05, 3.63) is 70.8 Å². The molecule has 2 aliphatic heterocycles. The van der Waals surface area contributed by atoms with E-state index in [0.29, 0.717) is 30.8 Å². The van der Waals surface area contributed by atoms with E-state index < -0.39 is 0 Å². The number of benzene rings is 2. The van der Waals surface area contributed by atoms with Gasteiger partial charge in [-0.1, -0.05) is 24.3 Å². The lowest BCUT2D eigenvalue weighted by molar-refractivity contribution is -0.0741. The van der Waals surface area contributed by atoms with Crippen molar-refractivity contribution in [3.8, 4) is 6.07 Å². The number of piperidine rings is 1. The number of fused-ring (bicyclic) bond motifs is 2. The number of rotatable bonds is 1. The molecule has 2 aromatic rings. The largest absolute Gasteiger partial charge is 0.365 e. The van der Waals surface area contributed by atoms with Gasteiger partial charge in [0.2, 0.25) is 0 Å². The van der Waals surface area contributed by atoms with E-state index in [0.717, 1.165) is 12.8 Å². The second-order valence-electron chi connectivity index (χ2n) is 6.42. The van der Waals surface area contributed by atoms with Crippen LogP contribution in [0.5, 0.6) is 0 Å². The van der Waals surface area contributed by atoms with Gasteiger partial charge in [-0.05, 0) is 48.2 Å². The summed E-state index contributed by atoms with van der Waals surface area (Å²) in [6.45, 7) is 2.04. The van der Waals surface area contributed by atoms with Gasteiger partial charge in [-0.3, -0.25) is 4.79 Å². The number of likely N-dealkylation sites (tertiary alicyclic amines) is 1. The van der Waals surface area contributed by atoms with E-state index in [1.54, 1.807) is 24.3 Å². The third-order valence-electron chi connectivity index (χ3n) is 5.13. The first-order valence-corrected chi connectivity index (χ1v) is 8.24. The molecular weight excluding hydrogens is 300 g/mol. The molecular formula is C20H18N2O2. The molecule has 24 heavy (non-hydrogen) atoms. The van der Waals surface area contributed by atoms with E-state index in [4.69, 9.17) is 10.00 Å². The molecule has 2 aromatic carbocycles. The molecule has 1 fully saturated rings. The van der Waals surface area contributed by atoms with Crippen LogP contribution in [-0.4, -0.2) is 23.9 Å². The van der Waals surface area contributed by atoms with Gasteiger partial charge < -0.3 is 9.64 Å². The Hall–Kier alpha value is -2.64. The Bertz CT molecular complexity index is 812. The average Bonchev–Trinajstić information content (AvgIpc) is 3.01. The molecule has 120 valence electrons. The smallest absolute Gasteiger partial charge is 0.253 e. The SMILES string of the molecule is N#Cc1ccc(C(=O)N2CCC3(CC2)OCc2ccccc23)cc1. The Kier molecular flexibility index (Phi) is 3.59. The minimum atomic E-state index is -0.224. The summed E-state index contributed by atoms with van der Waals surface area (Å²) < 4.78 is 6.14. The monoisotopic (exact) mass is 318 g/mol. The molecule has 2 heterocycles. The highest BCUT2D eigenvalue weighted by atomic mass is 16.5. The lowest BCUT2D eigenvalue weighted by Gasteiger charge is -2.39. The highest BCUT2D eigenvalue weighted by Gasteiger charge is 2.43. The first kappa shape index (κ1) is 14.9. The Morgan fingerprint density at radius 2 is 1.79 bits per heavy atom. The van der Waals surface area contributed by atoms with Crippen LogP contribution in [0.25, 0.3) is 0 Å². The van der Waals surface area contributed by atoms with Crippen LogP contribution in [-0.2, 0) is 16.9 Å². The maximum absolute atomic E-state index is 12.7. The van der Waals surface area contributed by atoms with Crippen molar-refractivity contribution in [1.82, 2.24) is 4.90 Å². The number of carbonyl (C=O) groups is 1. The summed E-state index contributed by atoms with van der Waals surface area (Å²) >= 11 is 0. The van der Waals surface area contributed by atoms with Gasteiger partial charge in [-0.15, -0.1) is 0 Å². The first-order chi connectivity index (χ1) is 11.7. The van der Waals surface area contributed by atoms with Crippen LogP contribution in [0.2, 0.25) is 0 Å². The lowest BCUT2D eigenvalue weighted by Crippen LogP contribution is -2.45. The van der Waals surface area contributed by atoms with E-state index in [1.807, 2.05) is 11.0 Å². The summed E-state index contributed by atoms with van der Waals surface area (Å²) in [5, 5.41) is 8.85. The minimum Gasteiger partial charge on any atom is -0.365 e. The Labute approximate surface area is 141 Å². The molecule has 4 rings (SSSR count). The standard InChI is InChI=1S/C20H18N2O2/c21-13-15-5-7-16(8-6-15)19(23)22-11-9-20(10-12-22)18-4-2-1-3-17(18)14-24-20/h1-8H,9-12,14H2. The number of amides is 1. The number of carbonyl (C=O) groups excluding carboxylic acids is 1. The van der Waals surface area contributed by atoms with Crippen LogP contribution in [0.4, 0.5) is 0 Å². The lowest BCUT2D eigenvalue weighted by atomic mass is 9.83. The summed E-state index contributed by atoms with van der Waals surface area (Å²) in [7, 11) is 0. The molecule has 0 unspecified atom stereocenters. The highest BCUT2D eigenvalue weighted by Crippen LogP contribution is 2.44. The molecule has 4 heteroatoms. The van der Waals surface area contributed by atoms with E-state index in [1.165, 1.54) is 11.1 Å². The quantitative estimate of drug-likeness (QED) is 0.811. The maximum atomic E-state index is 12.7. The molecule has 1 spiro atoms. The number of ether oxygens (including phenoxy) is 1. The van der Waals surface area contributed by atoms with Crippen LogP contribution in [0, 0.1) is 11.3 Å². The van der Waals surface area contributed by atoms with Crippen molar-refractivity contribution in [2.75, 3.05) is 13.1 Å². The average molecular weight is 318 g/mol. The molecule has 0 bridgehead atoms. The molecule has 0 aliphatic carbocycles. The molecule has 1 amide bonds. The minimum absolute atomic E-state index is 0.0284. The van der Waals surface area contributed by atoms with Crippen LogP contribution in [0.15, 0.2) is 48.5 Å². The van der Waals surface area contributed by atoms with Gasteiger partial charge in [-0.2, -0.15) is 5.26 Å². The van der Waals surface area contributed by atoms with Crippen molar-refractivity contribution in [2.24, 2.45) is 0 Å². The fourth-order valence-electron chi connectivity index (χ4n) is 3.74. The van der Waals surface area contributed by atoms with Crippen molar-refractivity contribution in [3.63, 3.8) is 0 Å². The van der Waals surface area contributed by atoms with Crippen LogP contribution in [0.1, 0.15) is 39.9 Å². The van der Waals surface area contributed by atoms with Gasteiger partial charge >= 0.3 is 0 Å². The summed E-state index contributed by atoms with van der Waals surface area (Å²) in [6, 6.07) is 17.3. The predicted molar refractivity (Wildman–Crippen MR) is 89.2 cm³/mol. The zero-order valence-corrected chi connectivity index (χ0v) is 13.4. The molecule has 0 aromatic heterocycles. The Morgan fingerprint density at radius 3 is 2.50 bits per heavy atom. The van der Waals surface area contributed by atoms with Crippen LogP contribution in [0.3, 0.4) is 0 Å². The van der Waals surface area contributed by atoms with Crippen molar-refractivity contribution in [2.45, 2.75) is 25.0 Å². The fourth-order valence-corrected chi connectivity index (χ4v) is 3.74. The molecule has 1 saturated heterocycles. The normalized spacial score (nSPS) is 18.2. The maximum Gasteiger partial charge on any atom is 0.253 e. The molecule has 0 N–H and O–H groups in total. The molecule has 4 nitrogen and oxygen atoms in total. The molecule has 0 atom stereocenters. The predicted octanol–water partition coefficient (Wildman–Crippen LogP) is 3.22. The molecule has 2 aliphatic rings. The topological polar surface area (TPSA) is 53.3 Å². The number of nitrogens with zero attached hydrogens (tertiary/aromatic N) is 2. The number of hydrogen-bond acceptors (Lipinski definition) is 3. The van der Waals surface area contributed by atoms with Gasteiger partial charge in [0.05, 0.1) is 23.8 Å². The number of nitriles is 1. The van der Waals surface area contributed by atoms with Gasteiger partial charge in [0, 0.05) is 18.7 Å². The Balaban J connectivity index is 1.48. The van der Waals surface area contributed by atoms with E-state index >= 15 is 0 Å². The van der Waals surface area contributed by atoms with Gasteiger partial charge in [0.25, 0.3) is 5.91 Å². The van der Waals surface area contributed by atoms with Crippen LogP contribution >= 0.6 is 0 Å². The highest BCUT2D eigenvalue weighted by molar-refractivity contribution is 5.94. The van der Waals surface area contributed by atoms with Crippen molar-refractivity contribution < 1.29 is 9.53 Å². The fraction of sp³-hybridized carbons (Fsp3) is 0.300. The molecule has 0 saturated carbocycles. The van der Waals surface area contributed by atoms with Crippen molar-refractivity contribution >= 4 is 5.91 Å². The van der Waals surface area contributed by atoms with Gasteiger partial charge in [0.1, 0.15) is 0 Å². The first-order valence-electron chi connectivity index (χ1n) is 8.24. The van der Waals surface area contributed by atoms with Gasteiger partial charge in [0.15, 0.2) is 0 Å². The summed E-state index contributed by atoms with van der Waals surface area (Å²) in [5.74, 6) is 0.0284. The zero-order chi connectivity index (χ0) is 16.6.